The lowest BCUT2D eigenvalue weighted by Gasteiger charge is -1.98. The molecule has 5 heteroatoms. The average molecular weight is 222 g/mol. The summed E-state index contributed by atoms with van der Waals surface area (Å²) in [4.78, 5) is 2.71. The van der Waals surface area contributed by atoms with Gasteiger partial charge in [0.15, 0.2) is 0 Å². The second-order valence-corrected chi connectivity index (χ2v) is 4.87. The van der Waals surface area contributed by atoms with Crippen molar-refractivity contribution in [3.05, 3.63) is 33.8 Å². The predicted molar refractivity (Wildman–Crippen MR) is 60.6 cm³/mol. The molecule has 0 spiro atoms. The van der Waals surface area contributed by atoms with E-state index < -0.39 is 0 Å². The van der Waals surface area contributed by atoms with Crippen molar-refractivity contribution in [3.8, 4) is 0 Å². The summed E-state index contributed by atoms with van der Waals surface area (Å²) in [6.45, 7) is 3.79. The highest BCUT2D eigenvalue weighted by molar-refractivity contribution is 7.11. The molecule has 15 heavy (non-hydrogen) atoms. The lowest BCUT2D eigenvalue weighted by atomic mass is 10.4. The number of hydrogen-bond donors (Lipinski definition) is 1. The topological polar surface area (TPSA) is 42.7 Å². The Morgan fingerprint density at radius 2 is 2.27 bits per heavy atom. The molecule has 0 saturated carbocycles. The summed E-state index contributed by atoms with van der Waals surface area (Å²) >= 11 is 1.82. The van der Waals surface area contributed by atoms with E-state index in [0.717, 1.165) is 18.8 Å². The van der Waals surface area contributed by atoms with Crippen molar-refractivity contribution in [2.24, 2.45) is 7.05 Å². The second-order valence-electron chi connectivity index (χ2n) is 3.50. The van der Waals surface area contributed by atoms with Gasteiger partial charge in [0.25, 0.3) is 0 Å². The Hall–Kier alpha value is -1.20. The fraction of sp³-hybridized carbons (Fsp3) is 0.400. The van der Waals surface area contributed by atoms with Crippen LogP contribution >= 0.6 is 11.3 Å². The molecule has 0 bridgehead atoms. The summed E-state index contributed by atoms with van der Waals surface area (Å²) in [6.07, 6.45) is 1.92. The molecule has 0 atom stereocenters. The highest BCUT2D eigenvalue weighted by atomic mass is 32.1. The maximum absolute atomic E-state index is 4.01. The lowest BCUT2D eigenvalue weighted by Crippen LogP contribution is -2.11. The van der Waals surface area contributed by atoms with Crippen molar-refractivity contribution in [1.29, 1.82) is 0 Å². The average Bonchev–Trinajstić information content (AvgIpc) is 2.76. The van der Waals surface area contributed by atoms with Gasteiger partial charge in [-0.3, -0.25) is 4.68 Å². The Bertz CT molecular complexity index is 392. The highest BCUT2D eigenvalue weighted by Gasteiger charge is 1.99. The molecule has 0 aliphatic heterocycles. The minimum Gasteiger partial charge on any atom is -0.306 e. The highest BCUT2D eigenvalue weighted by Crippen LogP contribution is 2.14. The SMILES string of the molecule is Cc1ccc(CNCc2cn(C)nn2)s1. The summed E-state index contributed by atoms with van der Waals surface area (Å²) < 4.78 is 1.71. The maximum atomic E-state index is 4.01. The molecule has 0 fully saturated rings. The number of aromatic nitrogens is 3. The summed E-state index contributed by atoms with van der Waals surface area (Å²) in [6, 6.07) is 4.30. The molecular weight excluding hydrogens is 208 g/mol. The van der Waals surface area contributed by atoms with Gasteiger partial charge in [-0.2, -0.15) is 0 Å². The van der Waals surface area contributed by atoms with E-state index in [0.29, 0.717) is 0 Å². The Kier molecular flexibility index (Phi) is 3.13. The third-order valence-electron chi connectivity index (χ3n) is 2.05. The van der Waals surface area contributed by atoms with Gasteiger partial charge in [0.1, 0.15) is 0 Å². The van der Waals surface area contributed by atoms with E-state index in [9.17, 15) is 0 Å². The van der Waals surface area contributed by atoms with Gasteiger partial charge >= 0.3 is 0 Å². The van der Waals surface area contributed by atoms with Crippen molar-refractivity contribution in [2.75, 3.05) is 0 Å². The first-order chi connectivity index (χ1) is 7.24. The Labute approximate surface area is 92.9 Å². The zero-order valence-corrected chi connectivity index (χ0v) is 9.71. The normalized spacial score (nSPS) is 10.8. The molecule has 0 unspecified atom stereocenters. The number of aryl methyl sites for hydroxylation is 2. The van der Waals surface area contributed by atoms with Crippen LogP contribution in [0.2, 0.25) is 0 Å². The van der Waals surface area contributed by atoms with Gasteiger partial charge in [-0.25, -0.2) is 0 Å². The molecule has 0 saturated heterocycles. The quantitative estimate of drug-likeness (QED) is 0.852. The Balaban J connectivity index is 1.80. The molecule has 0 aliphatic carbocycles. The standard InChI is InChI=1S/C10H14N4S/c1-8-3-4-10(15-8)6-11-5-9-7-14(2)13-12-9/h3-4,7,11H,5-6H2,1-2H3. The largest absolute Gasteiger partial charge is 0.306 e. The first kappa shape index (κ1) is 10.3. The van der Waals surface area contributed by atoms with Crippen LogP contribution in [0.1, 0.15) is 15.4 Å². The molecule has 80 valence electrons. The van der Waals surface area contributed by atoms with E-state index in [1.54, 1.807) is 4.68 Å². The van der Waals surface area contributed by atoms with Gasteiger partial charge in [0.05, 0.1) is 5.69 Å². The Morgan fingerprint density at radius 3 is 2.87 bits per heavy atom. The summed E-state index contributed by atoms with van der Waals surface area (Å²) in [7, 11) is 1.87. The van der Waals surface area contributed by atoms with Gasteiger partial charge in [-0.05, 0) is 19.1 Å². The number of rotatable bonds is 4. The first-order valence-electron chi connectivity index (χ1n) is 4.85. The Morgan fingerprint density at radius 1 is 1.40 bits per heavy atom. The molecule has 2 heterocycles. The zero-order valence-electron chi connectivity index (χ0n) is 8.90. The van der Waals surface area contributed by atoms with Crippen molar-refractivity contribution < 1.29 is 0 Å². The second kappa shape index (κ2) is 4.55. The van der Waals surface area contributed by atoms with Crippen LogP contribution in [0.5, 0.6) is 0 Å². The van der Waals surface area contributed by atoms with E-state index in [1.165, 1.54) is 9.75 Å². The van der Waals surface area contributed by atoms with Crippen LogP contribution in [0.4, 0.5) is 0 Å². The monoisotopic (exact) mass is 222 g/mol. The van der Waals surface area contributed by atoms with Crippen LogP contribution in [0.3, 0.4) is 0 Å². The van der Waals surface area contributed by atoms with Gasteiger partial charge < -0.3 is 5.32 Å². The van der Waals surface area contributed by atoms with Crippen molar-refractivity contribution >= 4 is 11.3 Å². The van der Waals surface area contributed by atoms with Crippen molar-refractivity contribution in [1.82, 2.24) is 20.3 Å². The number of nitrogens with one attached hydrogen (secondary N) is 1. The number of hydrogen-bond acceptors (Lipinski definition) is 4. The van der Waals surface area contributed by atoms with Crippen LogP contribution in [-0.2, 0) is 20.1 Å². The fourth-order valence-electron chi connectivity index (χ4n) is 1.37. The zero-order chi connectivity index (χ0) is 10.7. The van der Waals surface area contributed by atoms with Crippen LogP contribution in [0, 0.1) is 6.92 Å². The van der Waals surface area contributed by atoms with Gasteiger partial charge in [-0.15, -0.1) is 16.4 Å². The first-order valence-corrected chi connectivity index (χ1v) is 5.67. The van der Waals surface area contributed by atoms with Crippen LogP contribution in [0.25, 0.3) is 0 Å². The molecule has 4 nitrogen and oxygen atoms in total. The molecule has 0 aliphatic rings. The minimum absolute atomic E-state index is 0.769. The predicted octanol–water partition coefficient (Wildman–Crippen LogP) is 1.47. The molecular formula is C10H14N4S. The molecule has 1 N–H and O–H groups in total. The molecule has 0 aromatic carbocycles. The molecule has 0 radical (unpaired) electrons. The molecule has 2 aromatic heterocycles. The van der Waals surface area contributed by atoms with E-state index in [-0.39, 0.29) is 0 Å². The molecule has 2 rings (SSSR count). The van der Waals surface area contributed by atoms with Crippen LogP contribution < -0.4 is 5.32 Å². The number of thiophene rings is 1. The summed E-state index contributed by atoms with van der Waals surface area (Å²) in [5.41, 5.74) is 0.978. The van der Waals surface area contributed by atoms with Gasteiger partial charge in [0.2, 0.25) is 0 Å². The fourth-order valence-corrected chi connectivity index (χ4v) is 2.23. The van der Waals surface area contributed by atoms with Gasteiger partial charge in [-0.1, -0.05) is 5.21 Å². The summed E-state index contributed by atoms with van der Waals surface area (Å²) in [5.74, 6) is 0. The van der Waals surface area contributed by atoms with E-state index >= 15 is 0 Å². The maximum Gasteiger partial charge on any atom is 0.0964 e. The lowest BCUT2D eigenvalue weighted by molar-refractivity contribution is 0.679. The van der Waals surface area contributed by atoms with Crippen LogP contribution in [-0.4, -0.2) is 15.0 Å². The minimum atomic E-state index is 0.769. The van der Waals surface area contributed by atoms with E-state index in [4.69, 9.17) is 0 Å². The summed E-state index contributed by atoms with van der Waals surface area (Å²) in [5, 5.41) is 11.2. The van der Waals surface area contributed by atoms with Crippen molar-refractivity contribution in [3.63, 3.8) is 0 Å². The van der Waals surface area contributed by atoms with E-state index in [2.05, 4.69) is 34.7 Å². The van der Waals surface area contributed by atoms with E-state index in [1.807, 2.05) is 24.6 Å². The molecule has 0 amide bonds. The van der Waals surface area contributed by atoms with Crippen LogP contribution in [0.15, 0.2) is 18.3 Å². The number of nitrogens with zero attached hydrogens (tertiary/aromatic N) is 3. The third-order valence-corrected chi connectivity index (χ3v) is 3.05. The smallest absolute Gasteiger partial charge is 0.0964 e. The van der Waals surface area contributed by atoms with Gasteiger partial charge in [0, 0.05) is 36.1 Å². The third kappa shape index (κ3) is 2.87. The van der Waals surface area contributed by atoms with Crippen molar-refractivity contribution in [2.45, 2.75) is 20.0 Å². The molecule has 2 aromatic rings.